The van der Waals surface area contributed by atoms with Gasteiger partial charge in [-0.2, -0.15) is 0 Å². The van der Waals surface area contributed by atoms with Crippen LogP contribution in [0.4, 0.5) is 0 Å². The van der Waals surface area contributed by atoms with Gasteiger partial charge in [-0.1, -0.05) is 24.3 Å². The Labute approximate surface area is 237 Å². The molecule has 41 heavy (non-hydrogen) atoms. The van der Waals surface area contributed by atoms with Crippen LogP contribution < -0.4 is 5.73 Å². The Balaban J connectivity index is 1.54. The van der Waals surface area contributed by atoms with E-state index in [1.54, 1.807) is 32.4 Å². The standard InChI is InChI=1S/C29H34NO10P/c1-13-28(38-12-41(3,4)37)18(30)9-20(39-13)40-19-11-29(36,14(2)31)10-17-21(19)27(35)23-22(26(17)34)24(32)15-7-5-6-8-16(15)25(23)33/h5-8,13,18-20,28,34-36H,9-12,30H2,1-4H3/t13-,18-,19-,20-,28+,29-/m0/s1. The molecule has 1 fully saturated rings. The number of aliphatic hydroxyl groups is 1. The molecule has 0 amide bonds. The third kappa shape index (κ3) is 5.16. The van der Waals surface area contributed by atoms with E-state index in [2.05, 4.69) is 0 Å². The van der Waals surface area contributed by atoms with Crippen LogP contribution in [0, 0.1) is 0 Å². The van der Waals surface area contributed by atoms with Gasteiger partial charge in [-0.15, -0.1) is 0 Å². The number of ketones is 3. The number of aromatic hydroxyl groups is 2. The van der Waals surface area contributed by atoms with Crippen molar-refractivity contribution in [2.75, 3.05) is 19.7 Å². The van der Waals surface area contributed by atoms with Gasteiger partial charge in [0.05, 0.1) is 35.8 Å². The Kier molecular flexibility index (Phi) is 7.51. The van der Waals surface area contributed by atoms with Crippen molar-refractivity contribution in [3.05, 3.63) is 57.6 Å². The Morgan fingerprint density at radius 1 is 1.12 bits per heavy atom. The molecule has 0 saturated carbocycles. The van der Waals surface area contributed by atoms with Crippen molar-refractivity contribution in [2.45, 2.75) is 69.4 Å². The fourth-order valence-corrected chi connectivity index (χ4v) is 6.47. The van der Waals surface area contributed by atoms with Crippen LogP contribution in [0.3, 0.4) is 0 Å². The lowest BCUT2D eigenvalue weighted by molar-refractivity contribution is -0.251. The maximum Gasteiger partial charge on any atom is 0.198 e. The van der Waals surface area contributed by atoms with Gasteiger partial charge in [-0.05, 0) is 27.2 Å². The molecular weight excluding hydrogens is 553 g/mol. The zero-order valence-corrected chi connectivity index (χ0v) is 24.1. The highest BCUT2D eigenvalue weighted by Crippen LogP contribution is 2.52. The molecule has 0 unspecified atom stereocenters. The lowest BCUT2D eigenvalue weighted by Crippen LogP contribution is -2.53. The molecule has 11 nitrogen and oxygen atoms in total. The maximum atomic E-state index is 13.5. The molecular formula is C29H34NO10P. The van der Waals surface area contributed by atoms with Gasteiger partial charge in [0, 0.05) is 47.6 Å². The van der Waals surface area contributed by atoms with E-state index in [4.69, 9.17) is 19.9 Å². The molecule has 12 heteroatoms. The molecule has 1 aliphatic heterocycles. The van der Waals surface area contributed by atoms with E-state index in [9.17, 15) is 34.3 Å². The molecule has 5 N–H and O–H groups in total. The van der Waals surface area contributed by atoms with Gasteiger partial charge in [0.25, 0.3) is 0 Å². The minimum absolute atomic E-state index is 0.00573. The van der Waals surface area contributed by atoms with Crippen molar-refractivity contribution in [2.24, 2.45) is 5.73 Å². The quantitative estimate of drug-likeness (QED) is 0.246. The van der Waals surface area contributed by atoms with Crippen LogP contribution in [0.2, 0.25) is 0 Å². The number of nitrogens with two attached hydrogens (primary N) is 1. The summed E-state index contributed by atoms with van der Waals surface area (Å²) in [6.07, 6.45) is -3.89. The highest BCUT2D eigenvalue weighted by Gasteiger charge is 2.49. The van der Waals surface area contributed by atoms with Crippen molar-refractivity contribution < 1.29 is 48.5 Å². The van der Waals surface area contributed by atoms with Gasteiger partial charge in [-0.25, -0.2) is 0 Å². The summed E-state index contributed by atoms with van der Waals surface area (Å²) in [6, 6.07) is 5.51. The first-order valence-electron chi connectivity index (χ1n) is 13.4. The summed E-state index contributed by atoms with van der Waals surface area (Å²) in [6.45, 7) is 6.12. The molecule has 1 saturated heterocycles. The van der Waals surface area contributed by atoms with Crippen molar-refractivity contribution in [1.29, 1.82) is 0 Å². The monoisotopic (exact) mass is 587 g/mol. The van der Waals surface area contributed by atoms with Gasteiger partial charge < -0.3 is 39.8 Å². The number of carbonyl (C=O) groups is 3. The van der Waals surface area contributed by atoms with Crippen molar-refractivity contribution in [3.63, 3.8) is 0 Å². The van der Waals surface area contributed by atoms with Crippen molar-refractivity contribution >= 4 is 24.5 Å². The molecule has 0 aromatic heterocycles. The normalized spacial score (nSPS) is 29.5. The van der Waals surface area contributed by atoms with Crippen molar-refractivity contribution in [1.82, 2.24) is 0 Å². The Morgan fingerprint density at radius 3 is 2.24 bits per heavy atom. The second kappa shape index (κ2) is 10.4. The number of benzene rings is 2. The first-order chi connectivity index (χ1) is 19.1. The first-order valence-corrected chi connectivity index (χ1v) is 16.2. The van der Waals surface area contributed by atoms with Crippen LogP contribution in [-0.2, 0) is 30.0 Å². The number of phenols is 2. The summed E-state index contributed by atoms with van der Waals surface area (Å²) in [4.78, 5) is 39.4. The third-order valence-corrected chi connectivity index (χ3v) is 8.81. The molecule has 0 spiro atoms. The summed E-state index contributed by atoms with van der Waals surface area (Å²) >= 11 is 0. The summed E-state index contributed by atoms with van der Waals surface area (Å²) in [5.41, 5.74) is 3.71. The van der Waals surface area contributed by atoms with Crippen LogP contribution in [0.25, 0.3) is 0 Å². The molecule has 2 aromatic carbocycles. The Bertz CT molecular complexity index is 1490. The molecule has 220 valence electrons. The van der Waals surface area contributed by atoms with E-state index in [-0.39, 0.29) is 52.6 Å². The number of hydrogen-bond acceptors (Lipinski definition) is 11. The van der Waals surface area contributed by atoms with E-state index in [1.165, 1.54) is 19.1 Å². The summed E-state index contributed by atoms with van der Waals surface area (Å²) in [5.74, 6) is -3.07. The number of hydrogen-bond donors (Lipinski definition) is 4. The minimum Gasteiger partial charge on any atom is -0.507 e. The largest absolute Gasteiger partial charge is 0.507 e. The predicted molar refractivity (Wildman–Crippen MR) is 147 cm³/mol. The second-order valence-electron chi connectivity index (χ2n) is 11.6. The minimum atomic E-state index is -2.47. The lowest BCUT2D eigenvalue weighted by Gasteiger charge is -2.43. The van der Waals surface area contributed by atoms with Gasteiger partial charge in [0.15, 0.2) is 23.6 Å². The SMILES string of the molecule is CC(=O)[C@]1(O)Cc2c(O)c3c(c(O)c2[C@@H](O[C@H]2C[C@H](N)[C@H](OCP(C)(C)=O)[C@H](C)O2)C1)C(=O)c1ccccc1C3=O. The Hall–Kier alpha value is -2.92. The molecule has 0 bridgehead atoms. The van der Waals surface area contributed by atoms with Gasteiger partial charge in [0.1, 0.15) is 24.2 Å². The maximum absolute atomic E-state index is 13.5. The molecule has 2 aliphatic carbocycles. The summed E-state index contributed by atoms with van der Waals surface area (Å²) < 4.78 is 30.1. The molecule has 3 aliphatic rings. The highest BCUT2D eigenvalue weighted by atomic mass is 31.2. The van der Waals surface area contributed by atoms with E-state index in [0.29, 0.717) is 0 Å². The number of phenolic OH excluding ortho intramolecular Hbond substituents is 2. The fraction of sp³-hybridized carbons (Fsp3) is 0.483. The molecule has 5 rings (SSSR count). The van der Waals surface area contributed by atoms with E-state index in [1.807, 2.05) is 0 Å². The topological polar surface area (TPSA) is 183 Å². The van der Waals surface area contributed by atoms with Gasteiger partial charge in [-0.3, -0.25) is 14.4 Å². The second-order valence-corrected chi connectivity index (χ2v) is 15.0. The number of fused-ring (bicyclic) bond motifs is 3. The zero-order chi connectivity index (χ0) is 30.0. The van der Waals surface area contributed by atoms with Crippen LogP contribution >= 0.6 is 7.14 Å². The zero-order valence-electron chi connectivity index (χ0n) is 23.2. The van der Waals surface area contributed by atoms with Gasteiger partial charge >= 0.3 is 0 Å². The van der Waals surface area contributed by atoms with Crippen LogP contribution in [0.15, 0.2) is 24.3 Å². The lowest BCUT2D eigenvalue weighted by atomic mass is 9.72. The third-order valence-electron chi connectivity index (χ3n) is 8.04. The molecule has 2 aromatic rings. The van der Waals surface area contributed by atoms with Gasteiger partial charge in [0.2, 0.25) is 0 Å². The highest BCUT2D eigenvalue weighted by molar-refractivity contribution is 7.62. The van der Waals surface area contributed by atoms with E-state index in [0.717, 1.165) is 0 Å². The molecule has 6 atom stereocenters. The number of ether oxygens (including phenoxy) is 3. The number of carbonyl (C=O) groups excluding carboxylic acids is 3. The average Bonchev–Trinajstić information content (AvgIpc) is 2.88. The summed E-state index contributed by atoms with van der Waals surface area (Å²) in [7, 11) is -2.47. The van der Waals surface area contributed by atoms with E-state index >= 15 is 0 Å². The number of Topliss-reactive ketones (excluding diaryl/α,β-unsaturated/α-hetero) is 1. The molecule has 0 radical (unpaired) electrons. The smallest absolute Gasteiger partial charge is 0.198 e. The van der Waals surface area contributed by atoms with Crippen LogP contribution in [0.5, 0.6) is 11.5 Å². The number of rotatable bonds is 6. The van der Waals surface area contributed by atoms with Crippen LogP contribution in [-0.4, -0.2) is 82.5 Å². The first kappa shape index (κ1) is 29.6. The van der Waals surface area contributed by atoms with Crippen molar-refractivity contribution in [3.8, 4) is 11.5 Å². The van der Waals surface area contributed by atoms with Crippen LogP contribution in [0.1, 0.15) is 75.8 Å². The average molecular weight is 588 g/mol. The Morgan fingerprint density at radius 2 is 1.71 bits per heavy atom. The molecule has 1 heterocycles. The summed E-state index contributed by atoms with van der Waals surface area (Å²) in [5, 5.41) is 34.1. The fourth-order valence-electron chi connectivity index (χ4n) is 5.94. The van der Waals surface area contributed by atoms with E-state index < -0.39 is 78.7 Å². The predicted octanol–water partition coefficient (Wildman–Crippen LogP) is 2.62.